The molecule has 1 atom stereocenters. The van der Waals surface area contributed by atoms with E-state index in [9.17, 15) is 14.0 Å². The number of aromatic nitrogens is 1. The molecule has 0 aliphatic carbocycles. The highest BCUT2D eigenvalue weighted by Gasteiger charge is 2.25. The fourth-order valence-corrected chi connectivity index (χ4v) is 3.79. The Bertz CT molecular complexity index is 1050. The van der Waals surface area contributed by atoms with Gasteiger partial charge in [0.2, 0.25) is 5.91 Å². The molecule has 0 spiro atoms. The fraction of sp³-hybridized carbons (Fsp3) is 0.292. The fourth-order valence-electron chi connectivity index (χ4n) is 3.07. The van der Waals surface area contributed by atoms with Crippen molar-refractivity contribution in [3.8, 4) is 11.3 Å². The van der Waals surface area contributed by atoms with E-state index in [-0.39, 0.29) is 17.4 Å². The Labute approximate surface area is 190 Å². The second kappa shape index (κ2) is 11.0. The summed E-state index contributed by atoms with van der Waals surface area (Å²) < 4.78 is 18.2. The van der Waals surface area contributed by atoms with Crippen molar-refractivity contribution in [3.05, 3.63) is 70.9 Å². The summed E-state index contributed by atoms with van der Waals surface area (Å²) in [5.41, 5.74) is 3.18. The van der Waals surface area contributed by atoms with E-state index in [4.69, 9.17) is 4.74 Å². The Balaban J connectivity index is 1.65. The number of ether oxygens (including phenoxy) is 1. The normalized spacial score (nSPS) is 11.9. The van der Waals surface area contributed by atoms with Crippen molar-refractivity contribution in [2.75, 3.05) is 19.0 Å². The third-order valence-corrected chi connectivity index (χ3v) is 5.68. The Hall–Kier alpha value is -3.10. The molecule has 2 N–H and O–H groups in total. The minimum absolute atomic E-state index is 0.154. The van der Waals surface area contributed by atoms with Gasteiger partial charge in [-0.05, 0) is 42.2 Å². The molecule has 2 amide bonds. The Morgan fingerprint density at radius 3 is 2.41 bits per heavy atom. The van der Waals surface area contributed by atoms with Gasteiger partial charge in [0.05, 0.1) is 12.3 Å². The SMILES string of the molecule is COCCc1ccc(-c2csc(NC(=O)[C@@H](NC(=O)c3ccc(F)cc3)C(C)C)n2)cc1. The zero-order valence-corrected chi connectivity index (χ0v) is 19.0. The number of hydrogen-bond acceptors (Lipinski definition) is 5. The number of amides is 2. The molecule has 0 saturated carbocycles. The maximum Gasteiger partial charge on any atom is 0.251 e. The highest BCUT2D eigenvalue weighted by Crippen LogP contribution is 2.25. The summed E-state index contributed by atoms with van der Waals surface area (Å²) >= 11 is 1.32. The number of carbonyl (C=O) groups excluding carboxylic acids is 2. The van der Waals surface area contributed by atoms with Gasteiger partial charge >= 0.3 is 0 Å². The third kappa shape index (κ3) is 6.21. The van der Waals surface area contributed by atoms with Crippen molar-refractivity contribution < 1.29 is 18.7 Å². The molecule has 8 heteroatoms. The van der Waals surface area contributed by atoms with Gasteiger partial charge in [-0.2, -0.15) is 0 Å². The smallest absolute Gasteiger partial charge is 0.251 e. The lowest BCUT2D eigenvalue weighted by atomic mass is 10.0. The number of nitrogens with one attached hydrogen (secondary N) is 2. The first-order valence-electron chi connectivity index (χ1n) is 10.3. The average Bonchev–Trinajstić information content (AvgIpc) is 3.24. The number of hydrogen-bond donors (Lipinski definition) is 2. The van der Waals surface area contributed by atoms with E-state index in [0.29, 0.717) is 11.7 Å². The van der Waals surface area contributed by atoms with Gasteiger partial charge in [-0.1, -0.05) is 38.1 Å². The predicted octanol–water partition coefficient (Wildman–Crippen LogP) is 4.53. The van der Waals surface area contributed by atoms with Gasteiger partial charge in [0.15, 0.2) is 5.13 Å². The largest absolute Gasteiger partial charge is 0.384 e. The van der Waals surface area contributed by atoms with Crippen molar-refractivity contribution in [2.45, 2.75) is 26.3 Å². The second-order valence-electron chi connectivity index (χ2n) is 7.67. The molecule has 1 heterocycles. The topological polar surface area (TPSA) is 80.3 Å². The summed E-state index contributed by atoms with van der Waals surface area (Å²) in [7, 11) is 1.68. The van der Waals surface area contributed by atoms with Crippen molar-refractivity contribution >= 4 is 28.3 Å². The lowest BCUT2D eigenvalue weighted by Crippen LogP contribution is -2.47. The van der Waals surface area contributed by atoms with Crippen LogP contribution in [0.2, 0.25) is 0 Å². The number of methoxy groups -OCH3 is 1. The van der Waals surface area contributed by atoms with Crippen molar-refractivity contribution in [2.24, 2.45) is 5.92 Å². The molecule has 6 nitrogen and oxygen atoms in total. The quantitative estimate of drug-likeness (QED) is 0.497. The molecule has 0 unspecified atom stereocenters. The van der Waals surface area contributed by atoms with Gasteiger partial charge in [0.25, 0.3) is 5.91 Å². The highest BCUT2D eigenvalue weighted by atomic mass is 32.1. The van der Waals surface area contributed by atoms with Crippen LogP contribution in [0.5, 0.6) is 0 Å². The number of benzene rings is 2. The lowest BCUT2D eigenvalue weighted by molar-refractivity contribution is -0.118. The van der Waals surface area contributed by atoms with Gasteiger partial charge < -0.3 is 15.4 Å². The van der Waals surface area contributed by atoms with E-state index in [0.717, 1.165) is 17.7 Å². The molecule has 0 fully saturated rings. The lowest BCUT2D eigenvalue weighted by Gasteiger charge is -2.21. The molecule has 3 rings (SSSR count). The number of thiazole rings is 1. The zero-order valence-electron chi connectivity index (χ0n) is 18.2. The summed E-state index contributed by atoms with van der Waals surface area (Å²) in [6, 6.07) is 12.5. The van der Waals surface area contributed by atoms with Gasteiger partial charge in [-0.3, -0.25) is 9.59 Å². The van der Waals surface area contributed by atoms with Crippen LogP contribution in [0.1, 0.15) is 29.8 Å². The van der Waals surface area contributed by atoms with Crippen LogP contribution in [0.3, 0.4) is 0 Å². The molecule has 32 heavy (non-hydrogen) atoms. The monoisotopic (exact) mass is 455 g/mol. The first kappa shape index (κ1) is 23.6. The minimum Gasteiger partial charge on any atom is -0.384 e. The highest BCUT2D eigenvalue weighted by molar-refractivity contribution is 7.14. The van der Waals surface area contributed by atoms with Crippen LogP contribution in [-0.4, -0.2) is 36.6 Å². The van der Waals surface area contributed by atoms with Gasteiger partial charge in [-0.15, -0.1) is 11.3 Å². The van der Waals surface area contributed by atoms with Crippen LogP contribution in [0, 0.1) is 11.7 Å². The summed E-state index contributed by atoms with van der Waals surface area (Å²) in [6.07, 6.45) is 0.843. The summed E-state index contributed by atoms with van der Waals surface area (Å²) in [5.74, 6) is -1.37. The number of rotatable bonds is 9. The van der Waals surface area contributed by atoms with Gasteiger partial charge in [-0.25, -0.2) is 9.37 Å². The summed E-state index contributed by atoms with van der Waals surface area (Å²) in [5, 5.41) is 7.85. The van der Waals surface area contributed by atoms with Crippen LogP contribution >= 0.6 is 11.3 Å². The molecule has 0 radical (unpaired) electrons. The molecule has 0 saturated heterocycles. The number of anilines is 1. The molecule has 0 bridgehead atoms. The predicted molar refractivity (Wildman–Crippen MR) is 124 cm³/mol. The number of halogens is 1. The van der Waals surface area contributed by atoms with E-state index in [1.54, 1.807) is 7.11 Å². The molecule has 0 aliphatic rings. The second-order valence-corrected chi connectivity index (χ2v) is 8.53. The Kier molecular flexibility index (Phi) is 8.08. The Morgan fingerprint density at radius 2 is 1.78 bits per heavy atom. The summed E-state index contributed by atoms with van der Waals surface area (Å²) in [6.45, 7) is 4.35. The first-order chi connectivity index (χ1) is 15.4. The van der Waals surface area contributed by atoms with E-state index >= 15 is 0 Å². The van der Waals surface area contributed by atoms with Crippen molar-refractivity contribution in [1.82, 2.24) is 10.3 Å². The molecular weight excluding hydrogens is 429 g/mol. The minimum atomic E-state index is -0.764. The van der Waals surface area contributed by atoms with E-state index in [1.807, 2.05) is 43.5 Å². The molecule has 1 aromatic heterocycles. The van der Waals surface area contributed by atoms with Crippen molar-refractivity contribution in [1.29, 1.82) is 0 Å². The third-order valence-electron chi connectivity index (χ3n) is 4.92. The van der Waals surface area contributed by atoms with Gasteiger partial charge in [0, 0.05) is 23.6 Å². The molecule has 0 aliphatic heterocycles. The van der Waals surface area contributed by atoms with Crippen LogP contribution in [-0.2, 0) is 16.0 Å². The number of nitrogens with zero attached hydrogens (tertiary/aromatic N) is 1. The van der Waals surface area contributed by atoms with E-state index in [2.05, 4.69) is 15.6 Å². The first-order valence-corrected chi connectivity index (χ1v) is 11.2. The maximum absolute atomic E-state index is 13.1. The van der Waals surface area contributed by atoms with Crippen LogP contribution < -0.4 is 10.6 Å². The molecule has 3 aromatic rings. The van der Waals surface area contributed by atoms with Crippen LogP contribution in [0.25, 0.3) is 11.3 Å². The van der Waals surface area contributed by atoms with Crippen LogP contribution in [0.4, 0.5) is 9.52 Å². The average molecular weight is 456 g/mol. The van der Waals surface area contributed by atoms with Crippen LogP contribution in [0.15, 0.2) is 53.9 Å². The maximum atomic E-state index is 13.1. The van der Waals surface area contributed by atoms with E-state index < -0.39 is 17.8 Å². The standard InChI is InChI=1S/C24H26FN3O3S/c1-15(2)21(27-22(29)18-8-10-19(25)11-9-18)23(30)28-24-26-20(14-32-24)17-6-4-16(5-7-17)12-13-31-3/h4-11,14-15,21H,12-13H2,1-3H3,(H,27,29)(H,26,28,30)/t21-/m0/s1. The molecular formula is C24H26FN3O3S. The van der Waals surface area contributed by atoms with Gasteiger partial charge in [0.1, 0.15) is 11.9 Å². The number of carbonyl (C=O) groups is 2. The molecule has 2 aromatic carbocycles. The van der Waals surface area contributed by atoms with E-state index in [1.165, 1.54) is 41.2 Å². The zero-order chi connectivity index (χ0) is 23.1. The molecule has 168 valence electrons. The Morgan fingerprint density at radius 1 is 1.09 bits per heavy atom. The summed E-state index contributed by atoms with van der Waals surface area (Å²) in [4.78, 5) is 29.8. The van der Waals surface area contributed by atoms with Crippen molar-refractivity contribution in [3.63, 3.8) is 0 Å².